The minimum Gasteiger partial charge on any atom is -0.412 e. The van der Waals surface area contributed by atoms with Crippen molar-refractivity contribution in [2.45, 2.75) is 38.7 Å². The first-order valence-corrected chi connectivity index (χ1v) is 9.83. The molecule has 1 atom stereocenters. The average molecular weight is 249 g/mol. The third-order valence-electron chi connectivity index (χ3n) is 3.23. The van der Waals surface area contributed by atoms with Gasteiger partial charge in [0.05, 0.1) is 6.10 Å². The van der Waals surface area contributed by atoms with E-state index in [4.69, 9.17) is 4.43 Å². The van der Waals surface area contributed by atoms with Crippen LogP contribution in [0.2, 0.25) is 19.6 Å². The second kappa shape index (κ2) is 4.92. The lowest BCUT2D eigenvalue weighted by Crippen LogP contribution is -2.55. The Labute approximate surface area is 106 Å². The molecule has 0 amide bonds. The number of benzene rings is 1. The molecule has 1 aliphatic heterocycles. The molecule has 0 spiro atoms. The standard InChI is InChI=1S/C14H23NOSi/c1-12(13-8-6-5-7-9-13)15-10-14(11-15)16-17(2,3)4/h5-9,12,14H,10-11H2,1-4H3/t12-/m0/s1. The molecule has 1 fully saturated rings. The lowest BCUT2D eigenvalue weighted by Gasteiger charge is -2.45. The summed E-state index contributed by atoms with van der Waals surface area (Å²) < 4.78 is 6.09. The van der Waals surface area contributed by atoms with Gasteiger partial charge in [0.25, 0.3) is 0 Å². The molecule has 3 heteroatoms. The zero-order valence-electron chi connectivity index (χ0n) is 11.3. The van der Waals surface area contributed by atoms with Crippen LogP contribution in [0.4, 0.5) is 0 Å². The van der Waals surface area contributed by atoms with Gasteiger partial charge >= 0.3 is 0 Å². The Morgan fingerprint density at radius 3 is 2.29 bits per heavy atom. The van der Waals surface area contributed by atoms with Crippen LogP contribution in [-0.2, 0) is 4.43 Å². The van der Waals surface area contributed by atoms with Crippen molar-refractivity contribution in [1.82, 2.24) is 4.90 Å². The number of likely N-dealkylation sites (tertiary alicyclic amines) is 1. The molecule has 1 aliphatic rings. The van der Waals surface area contributed by atoms with E-state index in [0.717, 1.165) is 13.1 Å². The first-order chi connectivity index (χ1) is 7.96. The summed E-state index contributed by atoms with van der Waals surface area (Å²) in [5, 5.41) is 0. The van der Waals surface area contributed by atoms with Gasteiger partial charge in [0.15, 0.2) is 8.32 Å². The van der Waals surface area contributed by atoms with Crippen molar-refractivity contribution in [3.05, 3.63) is 35.9 Å². The summed E-state index contributed by atoms with van der Waals surface area (Å²) in [6, 6.07) is 11.2. The highest BCUT2D eigenvalue weighted by Crippen LogP contribution is 2.27. The molecule has 0 bridgehead atoms. The molecule has 2 nitrogen and oxygen atoms in total. The minimum atomic E-state index is -1.36. The van der Waals surface area contributed by atoms with E-state index in [2.05, 4.69) is 61.8 Å². The third-order valence-corrected chi connectivity index (χ3v) is 4.27. The molecular formula is C14H23NOSi. The average Bonchev–Trinajstić information content (AvgIpc) is 2.22. The zero-order chi connectivity index (χ0) is 12.5. The van der Waals surface area contributed by atoms with Crippen molar-refractivity contribution in [3.8, 4) is 0 Å². The molecule has 1 saturated heterocycles. The fourth-order valence-corrected chi connectivity index (χ4v) is 3.45. The lowest BCUT2D eigenvalue weighted by molar-refractivity contribution is -0.00980. The van der Waals surface area contributed by atoms with Gasteiger partial charge in [-0.15, -0.1) is 0 Å². The van der Waals surface area contributed by atoms with E-state index in [0.29, 0.717) is 12.1 Å². The van der Waals surface area contributed by atoms with Crippen molar-refractivity contribution in [1.29, 1.82) is 0 Å². The van der Waals surface area contributed by atoms with Crippen molar-refractivity contribution in [3.63, 3.8) is 0 Å². The molecule has 0 saturated carbocycles. The molecule has 0 aliphatic carbocycles. The van der Waals surface area contributed by atoms with Crippen LogP contribution in [0, 0.1) is 0 Å². The minimum absolute atomic E-state index is 0.466. The maximum Gasteiger partial charge on any atom is 0.184 e. The highest BCUT2D eigenvalue weighted by Gasteiger charge is 2.34. The van der Waals surface area contributed by atoms with E-state index >= 15 is 0 Å². The molecule has 1 aromatic rings. The van der Waals surface area contributed by atoms with E-state index < -0.39 is 8.32 Å². The van der Waals surface area contributed by atoms with Gasteiger partial charge in [-0.25, -0.2) is 0 Å². The van der Waals surface area contributed by atoms with E-state index in [1.165, 1.54) is 5.56 Å². The van der Waals surface area contributed by atoms with Crippen LogP contribution >= 0.6 is 0 Å². The largest absolute Gasteiger partial charge is 0.412 e. The molecule has 94 valence electrons. The Kier molecular flexibility index (Phi) is 3.71. The van der Waals surface area contributed by atoms with E-state index in [1.54, 1.807) is 0 Å². The molecule has 0 unspecified atom stereocenters. The molecule has 0 N–H and O–H groups in total. The van der Waals surface area contributed by atoms with Crippen LogP contribution < -0.4 is 0 Å². The molecule has 0 aromatic heterocycles. The van der Waals surface area contributed by atoms with Gasteiger partial charge < -0.3 is 4.43 Å². The Hall–Kier alpha value is -0.643. The van der Waals surface area contributed by atoms with Crippen LogP contribution in [0.15, 0.2) is 30.3 Å². The summed E-state index contributed by atoms with van der Waals surface area (Å²) in [5.74, 6) is 0. The maximum atomic E-state index is 6.09. The van der Waals surface area contributed by atoms with Crippen molar-refractivity contribution in [2.75, 3.05) is 13.1 Å². The SMILES string of the molecule is C[C@@H](c1ccccc1)N1CC(O[Si](C)(C)C)C1. The van der Waals surface area contributed by atoms with Gasteiger partial charge in [0.1, 0.15) is 0 Å². The summed E-state index contributed by atoms with van der Waals surface area (Å²) in [4.78, 5) is 2.49. The molecule has 0 radical (unpaired) electrons. The molecule has 2 rings (SSSR count). The molecule has 17 heavy (non-hydrogen) atoms. The first-order valence-electron chi connectivity index (χ1n) is 6.42. The number of rotatable bonds is 4. The second-order valence-electron chi connectivity index (χ2n) is 5.89. The van der Waals surface area contributed by atoms with E-state index in [1.807, 2.05) is 0 Å². The highest BCUT2D eigenvalue weighted by molar-refractivity contribution is 6.69. The lowest BCUT2D eigenvalue weighted by atomic mass is 10.0. The fraction of sp³-hybridized carbons (Fsp3) is 0.571. The molecule has 1 heterocycles. The molecular weight excluding hydrogens is 226 g/mol. The Bertz CT molecular complexity index is 354. The number of hydrogen-bond acceptors (Lipinski definition) is 2. The number of hydrogen-bond donors (Lipinski definition) is 0. The topological polar surface area (TPSA) is 12.5 Å². The Morgan fingerprint density at radius 1 is 1.18 bits per heavy atom. The van der Waals surface area contributed by atoms with Crippen LogP contribution in [0.1, 0.15) is 18.5 Å². The summed E-state index contributed by atoms with van der Waals surface area (Å²) >= 11 is 0. The Morgan fingerprint density at radius 2 is 1.76 bits per heavy atom. The van der Waals surface area contributed by atoms with Crippen LogP contribution in [0.25, 0.3) is 0 Å². The quantitative estimate of drug-likeness (QED) is 0.759. The van der Waals surface area contributed by atoms with Gasteiger partial charge in [-0.1, -0.05) is 30.3 Å². The normalized spacial score (nSPS) is 20.0. The van der Waals surface area contributed by atoms with Gasteiger partial charge in [0.2, 0.25) is 0 Å². The summed E-state index contributed by atoms with van der Waals surface area (Å²) in [6.45, 7) is 11.2. The fourth-order valence-electron chi connectivity index (χ4n) is 2.30. The van der Waals surface area contributed by atoms with Crippen molar-refractivity contribution in [2.24, 2.45) is 0 Å². The second-order valence-corrected chi connectivity index (χ2v) is 10.4. The van der Waals surface area contributed by atoms with Crippen LogP contribution in [0.5, 0.6) is 0 Å². The summed E-state index contributed by atoms with van der Waals surface area (Å²) in [7, 11) is -1.36. The van der Waals surface area contributed by atoms with E-state index in [-0.39, 0.29) is 0 Å². The van der Waals surface area contributed by atoms with E-state index in [9.17, 15) is 0 Å². The maximum absolute atomic E-state index is 6.09. The van der Waals surface area contributed by atoms with Gasteiger partial charge in [-0.3, -0.25) is 4.90 Å². The first kappa shape index (κ1) is 12.8. The molecule has 1 aromatic carbocycles. The van der Waals surface area contributed by atoms with Gasteiger partial charge in [0, 0.05) is 19.1 Å². The number of nitrogens with zero attached hydrogens (tertiary/aromatic N) is 1. The van der Waals surface area contributed by atoms with Crippen molar-refractivity contribution >= 4 is 8.32 Å². The van der Waals surface area contributed by atoms with Crippen molar-refractivity contribution < 1.29 is 4.43 Å². The zero-order valence-corrected chi connectivity index (χ0v) is 12.3. The van der Waals surface area contributed by atoms with Gasteiger partial charge in [-0.2, -0.15) is 0 Å². The summed E-state index contributed by atoms with van der Waals surface area (Å²) in [6.07, 6.45) is 0.466. The van der Waals surface area contributed by atoms with Crippen LogP contribution in [0.3, 0.4) is 0 Å². The predicted octanol–water partition coefficient (Wildman–Crippen LogP) is 3.28. The third kappa shape index (κ3) is 3.41. The highest BCUT2D eigenvalue weighted by atomic mass is 28.4. The summed E-state index contributed by atoms with van der Waals surface area (Å²) in [5.41, 5.74) is 1.40. The van der Waals surface area contributed by atoms with Crippen LogP contribution in [-0.4, -0.2) is 32.4 Å². The Balaban J connectivity index is 1.84. The van der Waals surface area contributed by atoms with Gasteiger partial charge in [-0.05, 0) is 32.1 Å². The predicted molar refractivity (Wildman–Crippen MR) is 74.6 cm³/mol. The monoisotopic (exact) mass is 249 g/mol. The smallest absolute Gasteiger partial charge is 0.184 e.